The van der Waals surface area contributed by atoms with Crippen LogP contribution in [0.4, 0.5) is 8.78 Å². The van der Waals surface area contributed by atoms with Gasteiger partial charge in [0, 0.05) is 0 Å². The average Bonchev–Trinajstić information content (AvgIpc) is 2.87. The fraction of sp³-hybridized carbons (Fsp3) is 0.562. The van der Waals surface area contributed by atoms with Gasteiger partial charge in [0.25, 0.3) is 0 Å². The first-order valence-corrected chi connectivity index (χ1v) is 7.71. The van der Waals surface area contributed by atoms with Gasteiger partial charge in [0.05, 0.1) is 17.1 Å². The Morgan fingerprint density at radius 3 is 2.65 bits per heavy atom. The van der Waals surface area contributed by atoms with Crippen LogP contribution in [0.1, 0.15) is 51.0 Å². The summed E-state index contributed by atoms with van der Waals surface area (Å²) in [6.07, 6.45) is 4.17. The van der Waals surface area contributed by atoms with Gasteiger partial charge >= 0.3 is 6.55 Å². The summed E-state index contributed by atoms with van der Waals surface area (Å²) in [5, 5.41) is 0. The van der Waals surface area contributed by atoms with Gasteiger partial charge in [-0.15, -0.1) is 24.8 Å². The second-order valence-corrected chi connectivity index (χ2v) is 5.65. The molecule has 0 N–H and O–H groups in total. The van der Waals surface area contributed by atoms with Gasteiger partial charge in [0.2, 0.25) is 0 Å². The van der Waals surface area contributed by atoms with Crippen molar-refractivity contribution in [1.29, 1.82) is 0 Å². The maximum atomic E-state index is 13.6. The molecular formula is C16H23Cl2F2N3. The SMILES string of the molecule is CCCN1CCCCC1c1nc2ccccc2n1C(F)F.Cl.Cl. The van der Waals surface area contributed by atoms with Crippen LogP contribution >= 0.6 is 24.8 Å². The van der Waals surface area contributed by atoms with E-state index in [2.05, 4.69) is 16.8 Å². The Kier molecular flexibility index (Phi) is 7.71. The normalized spacial score (nSPS) is 18.7. The molecule has 1 aliphatic heterocycles. The first kappa shape index (κ1) is 20.1. The number of likely N-dealkylation sites (tertiary alicyclic amines) is 1. The van der Waals surface area contributed by atoms with Crippen LogP contribution in [0, 0.1) is 0 Å². The Hall–Kier alpha value is -0.910. The number of imidazole rings is 1. The minimum absolute atomic E-state index is 0. The van der Waals surface area contributed by atoms with Crippen LogP contribution in [0.15, 0.2) is 24.3 Å². The molecule has 130 valence electrons. The molecule has 0 saturated carbocycles. The van der Waals surface area contributed by atoms with Gasteiger partial charge in [-0.1, -0.05) is 25.5 Å². The van der Waals surface area contributed by atoms with E-state index in [1.165, 1.54) is 0 Å². The molecule has 1 saturated heterocycles. The van der Waals surface area contributed by atoms with Crippen LogP contribution in [0.2, 0.25) is 0 Å². The molecule has 0 aliphatic carbocycles. The number of piperidine rings is 1. The molecule has 3 rings (SSSR count). The van der Waals surface area contributed by atoms with Crippen LogP contribution < -0.4 is 0 Å². The lowest BCUT2D eigenvalue weighted by molar-refractivity contribution is 0.0587. The van der Waals surface area contributed by atoms with E-state index < -0.39 is 6.55 Å². The lowest BCUT2D eigenvalue weighted by atomic mass is 10.0. The summed E-state index contributed by atoms with van der Waals surface area (Å²) in [7, 11) is 0. The van der Waals surface area contributed by atoms with Gasteiger partial charge in [0.15, 0.2) is 0 Å². The third-order valence-corrected chi connectivity index (χ3v) is 4.24. The van der Waals surface area contributed by atoms with E-state index in [1.807, 2.05) is 12.1 Å². The lowest BCUT2D eigenvalue weighted by Crippen LogP contribution is -2.35. The maximum Gasteiger partial charge on any atom is 0.320 e. The molecule has 1 unspecified atom stereocenters. The Bertz CT molecular complexity index is 616. The van der Waals surface area contributed by atoms with Crippen molar-refractivity contribution in [3.05, 3.63) is 30.1 Å². The van der Waals surface area contributed by atoms with Crippen molar-refractivity contribution in [3.63, 3.8) is 0 Å². The largest absolute Gasteiger partial charge is 0.320 e. The zero-order valence-corrected chi connectivity index (χ0v) is 14.8. The molecule has 23 heavy (non-hydrogen) atoms. The highest BCUT2D eigenvalue weighted by atomic mass is 35.5. The van der Waals surface area contributed by atoms with Crippen molar-refractivity contribution < 1.29 is 8.78 Å². The molecule has 0 amide bonds. The van der Waals surface area contributed by atoms with Crippen molar-refractivity contribution >= 4 is 35.8 Å². The van der Waals surface area contributed by atoms with Crippen LogP contribution in [-0.2, 0) is 0 Å². The quantitative estimate of drug-likeness (QED) is 0.741. The van der Waals surface area contributed by atoms with Crippen LogP contribution in [0.25, 0.3) is 11.0 Å². The van der Waals surface area contributed by atoms with Crippen LogP contribution in [0.3, 0.4) is 0 Å². The summed E-state index contributed by atoms with van der Waals surface area (Å²) < 4.78 is 28.2. The number of benzene rings is 1. The maximum absolute atomic E-state index is 13.6. The first-order chi connectivity index (χ1) is 10.2. The molecule has 1 aromatic heterocycles. The second-order valence-electron chi connectivity index (χ2n) is 5.65. The van der Waals surface area contributed by atoms with E-state index >= 15 is 0 Å². The molecule has 3 nitrogen and oxygen atoms in total. The monoisotopic (exact) mass is 365 g/mol. The second kappa shape index (κ2) is 8.81. The Balaban J connectivity index is 0.00000132. The topological polar surface area (TPSA) is 21.1 Å². The summed E-state index contributed by atoms with van der Waals surface area (Å²) in [4.78, 5) is 6.84. The Morgan fingerprint density at radius 2 is 1.96 bits per heavy atom. The number of halogens is 4. The number of rotatable bonds is 4. The standard InChI is InChI=1S/C16H21F2N3.2ClH/c1-2-10-20-11-6-5-9-14(20)15-19-12-7-3-4-8-13(12)21(15)16(17)18;;/h3-4,7-8,14,16H,2,5-6,9-11H2,1H3;2*1H. The highest BCUT2D eigenvalue weighted by molar-refractivity contribution is 5.85. The molecule has 1 atom stereocenters. The van der Waals surface area contributed by atoms with E-state index in [0.717, 1.165) is 43.3 Å². The van der Waals surface area contributed by atoms with Crippen molar-refractivity contribution in [3.8, 4) is 0 Å². The number of aromatic nitrogens is 2. The predicted octanol–water partition coefficient (Wildman–Crippen LogP) is 5.21. The van der Waals surface area contributed by atoms with E-state index in [1.54, 1.807) is 12.1 Å². The molecule has 1 aliphatic rings. The Labute approximate surface area is 147 Å². The van der Waals surface area contributed by atoms with E-state index in [-0.39, 0.29) is 30.9 Å². The van der Waals surface area contributed by atoms with E-state index in [0.29, 0.717) is 16.9 Å². The van der Waals surface area contributed by atoms with Gasteiger partial charge < -0.3 is 0 Å². The minimum atomic E-state index is -2.54. The van der Waals surface area contributed by atoms with Gasteiger partial charge in [-0.05, 0) is 44.5 Å². The molecule has 0 radical (unpaired) electrons. The first-order valence-electron chi connectivity index (χ1n) is 7.71. The molecule has 7 heteroatoms. The minimum Gasteiger partial charge on any atom is -0.293 e. The molecule has 2 heterocycles. The van der Waals surface area contributed by atoms with Crippen LogP contribution in [-0.4, -0.2) is 27.5 Å². The van der Waals surface area contributed by atoms with Crippen molar-refractivity contribution in [2.24, 2.45) is 0 Å². The Morgan fingerprint density at radius 1 is 1.22 bits per heavy atom. The molecule has 2 aromatic rings. The van der Waals surface area contributed by atoms with Crippen molar-refractivity contribution in [1.82, 2.24) is 14.5 Å². The molecular weight excluding hydrogens is 343 g/mol. The van der Waals surface area contributed by atoms with Crippen molar-refractivity contribution in [2.75, 3.05) is 13.1 Å². The molecule has 1 fully saturated rings. The zero-order chi connectivity index (χ0) is 14.8. The van der Waals surface area contributed by atoms with Gasteiger partial charge in [0.1, 0.15) is 5.82 Å². The third kappa shape index (κ3) is 3.95. The van der Waals surface area contributed by atoms with E-state index in [9.17, 15) is 8.78 Å². The third-order valence-electron chi connectivity index (χ3n) is 4.24. The number of alkyl halides is 2. The molecule has 0 bridgehead atoms. The van der Waals surface area contributed by atoms with Gasteiger partial charge in [-0.3, -0.25) is 9.47 Å². The molecule has 1 aromatic carbocycles. The highest BCUT2D eigenvalue weighted by Gasteiger charge is 2.30. The summed E-state index contributed by atoms with van der Waals surface area (Å²) in [6, 6.07) is 7.19. The highest BCUT2D eigenvalue weighted by Crippen LogP contribution is 2.34. The number of hydrogen-bond donors (Lipinski definition) is 0. The van der Waals surface area contributed by atoms with Crippen LogP contribution in [0.5, 0.6) is 0 Å². The fourth-order valence-electron chi connectivity index (χ4n) is 3.34. The average molecular weight is 366 g/mol. The number of para-hydroxylation sites is 2. The summed E-state index contributed by atoms with van der Waals surface area (Å²) in [5.41, 5.74) is 1.19. The number of nitrogens with zero attached hydrogens (tertiary/aromatic N) is 3. The summed E-state index contributed by atoms with van der Waals surface area (Å²) >= 11 is 0. The lowest BCUT2D eigenvalue weighted by Gasteiger charge is -2.35. The number of hydrogen-bond acceptors (Lipinski definition) is 2. The smallest absolute Gasteiger partial charge is 0.293 e. The van der Waals surface area contributed by atoms with E-state index in [4.69, 9.17) is 0 Å². The molecule has 0 spiro atoms. The van der Waals surface area contributed by atoms with Crippen molar-refractivity contribution in [2.45, 2.75) is 45.2 Å². The number of fused-ring (bicyclic) bond motifs is 1. The fourth-order valence-corrected chi connectivity index (χ4v) is 3.34. The zero-order valence-electron chi connectivity index (χ0n) is 13.1. The van der Waals surface area contributed by atoms with Gasteiger partial charge in [-0.2, -0.15) is 8.78 Å². The summed E-state index contributed by atoms with van der Waals surface area (Å²) in [6.45, 7) is 1.50. The summed E-state index contributed by atoms with van der Waals surface area (Å²) in [5.74, 6) is 0.527. The predicted molar refractivity (Wildman–Crippen MR) is 93.9 cm³/mol. The van der Waals surface area contributed by atoms with Gasteiger partial charge in [-0.25, -0.2) is 4.98 Å².